The molecule has 0 atom stereocenters. The molecule has 0 saturated carbocycles. The van der Waals surface area contributed by atoms with Crippen molar-refractivity contribution in [3.8, 4) is 5.88 Å². The molecule has 18 heavy (non-hydrogen) atoms. The van der Waals surface area contributed by atoms with E-state index in [0.29, 0.717) is 5.88 Å². The van der Waals surface area contributed by atoms with Gasteiger partial charge in [-0.05, 0) is 13.0 Å². The summed E-state index contributed by atoms with van der Waals surface area (Å²) in [4.78, 5) is 8.54. The van der Waals surface area contributed by atoms with Crippen molar-refractivity contribution < 1.29 is 4.74 Å². The number of nitrogens with one attached hydrogen (secondary N) is 1. The second-order valence-electron chi connectivity index (χ2n) is 4.39. The topological polar surface area (TPSA) is 47.0 Å². The van der Waals surface area contributed by atoms with Gasteiger partial charge in [-0.25, -0.2) is 4.98 Å². The van der Waals surface area contributed by atoms with Gasteiger partial charge in [0.2, 0.25) is 5.88 Å². The predicted octanol–water partition coefficient (Wildman–Crippen LogP) is 2.94. The minimum absolute atomic E-state index is 0.640. The van der Waals surface area contributed by atoms with Crippen LogP contribution in [0.2, 0.25) is 0 Å². The first-order valence-electron chi connectivity index (χ1n) is 7.01. The zero-order valence-corrected chi connectivity index (χ0v) is 11.6. The van der Waals surface area contributed by atoms with E-state index in [9.17, 15) is 0 Å². The van der Waals surface area contributed by atoms with Crippen LogP contribution in [0.5, 0.6) is 5.88 Å². The Balaban J connectivity index is 2.20. The van der Waals surface area contributed by atoms with Gasteiger partial charge in [-0.1, -0.05) is 39.5 Å². The summed E-state index contributed by atoms with van der Waals surface area (Å²) in [5, 5.41) is 3.22. The average molecular weight is 251 g/mol. The summed E-state index contributed by atoms with van der Waals surface area (Å²) in [7, 11) is 0. The SMILES string of the molecule is CCCCCCCOc1cncc(CNCC)n1. The Labute approximate surface area is 110 Å². The fraction of sp³-hybridized carbons (Fsp3) is 0.714. The molecule has 0 aliphatic rings. The molecule has 0 aliphatic heterocycles. The van der Waals surface area contributed by atoms with E-state index in [2.05, 4.69) is 29.1 Å². The third-order valence-electron chi connectivity index (χ3n) is 2.72. The molecule has 0 saturated heterocycles. The van der Waals surface area contributed by atoms with Crippen LogP contribution in [0, 0.1) is 0 Å². The van der Waals surface area contributed by atoms with Gasteiger partial charge in [-0.2, -0.15) is 0 Å². The van der Waals surface area contributed by atoms with Crippen LogP contribution in [0.25, 0.3) is 0 Å². The molecule has 102 valence electrons. The number of ether oxygens (including phenoxy) is 1. The van der Waals surface area contributed by atoms with Crippen molar-refractivity contribution in [1.29, 1.82) is 0 Å². The summed E-state index contributed by atoms with van der Waals surface area (Å²) in [5.74, 6) is 0.640. The van der Waals surface area contributed by atoms with Crippen molar-refractivity contribution in [2.24, 2.45) is 0 Å². The number of aromatic nitrogens is 2. The molecule has 0 spiro atoms. The number of hydrogen-bond acceptors (Lipinski definition) is 4. The van der Waals surface area contributed by atoms with Gasteiger partial charge in [-0.3, -0.25) is 4.98 Å². The Hall–Kier alpha value is -1.16. The largest absolute Gasteiger partial charge is 0.477 e. The molecule has 1 aromatic rings. The minimum atomic E-state index is 0.640. The Kier molecular flexibility index (Phi) is 8.13. The highest BCUT2D eigenvalue weighted by Gasteiger charge is 1.99. The van der Waals surface area contributed by atoms with E-state index in [0.717, 1.165) is 31.8 Å². The zero-order valence-electron chi connectivity index (χ0n) is 11.6. The Morgan fingerprint density at radius 2 is 1.94 bits per heavy atom. The van der Waals surface area contributed by atoms with Gasteiger partial charge in [0.25, 0.3) is 0 Å². The highest BCUT2D eigenvalue weighted by atomic mass is 16.5. The summed E-state index contributed by atoms with van der Waals surface area (Å²) in [6, 6.07) is 0. The lowest BCUT2D eigenvalue weighted by molar-refractivity contribution is 0.291. The third kappa shape index (κ3) is 6.55. The lowest BCUT2D eigenvalue weighted by Crippen LogP contribution is -2.13. The Bertz CT molecular complexity index is 318. The van der Waals surface area contributed by atoms with Gasteiger partial charge in [0.1, 0.15) is 0 Å². The van der Waals surface area contributed by atoms with Crippen LogP contribution in [0.15, 0.2) is 12.4 Å². The Morgan fingerprint density at radius 1 is 1.11 bits per heavy atom. The summed E-state index contributed by atoms with van der Waals surface area (Å²) in [6.07, 6.45) is 9.68. The molecule has 0 aliphatic carbocycles. The lowest BCUT2D eigenvalue weighted by Gasteiger charge is -2.06. The van der Waals surface area contributed by atoms with Crippen LogP contribution in [-0.2, 0) is 6.54 Å². The zero-order chi connectivity index (χ0) is 13.1. The van der Waals surface area contributed by atoms with E-state index in [4.69, 9.17) is 4.74 Å². The molecule has 0 bridgehead atoms. The maximum Gasteiger partial charge on any atom is 0.232 e. The van der Waals surface area contributed by atoms with Crippen LogP contribution < -0.4 is 10.1 Å². The quantitative estimate of drug-likeness (QED) is 0.649. The third-order valence-corrected chi connectivity index (χ3v) is 2.72. The normalized spacial score (nSPS) is 10.6. The van der Waals surface area contributed by atoms with Crippen LogP contribution in [0.1, 0.15) is 51.6 Å². The van der Waals surface area contributed by atoms with E-state index in [-0.39, 0.29) is 0 Å². The van der Waals surface area contributed by atoms with Gasteiger partial charge in [0.15, 0.2) is 0 Å². The molecule has 4 nitrogen and oxygen atoms in total. The maximum atomic E-state index is 5.61. The van der Waals surface area contributed by atoms with Crippen molar-refractivity contribution in [2.75, 3.05) is 13.2 Å². The maximum absolute atomic E-state index is 5.61. The van der Waals surface area contributed by atoms with Crippen molar-refractivity contribution in [1.82, 2.24) is 15.3 Å². The molecular formula is C14H25N3O. The molecule has 1 rings (SSSR count). The first-order chi connectivity index (χ1) is 8.86. The number of unbranched alkanes of at least 4 members (excludes halogenated alkanes) is 4. The van der Waals surface area contributed by atoms with Crippen molar-refractivity contribution >= 4 is 0 Å². The summed E-state index contributed by atoms with van der Waals surface area (Å²) >= 11 is 0. The molecule has 4 heteroatoms. The molecule has 0 fully saturated rings. The second kappa shape index (κ2) is 9.83. The monoisotopic (exact) mass is 251 g/mol. The number of rotatable bonds is 10. The summed E-state index contributed by atoms with van der Waals surface area (Å²) in [6.45, 7) is 6.72. The first-order valence-corrected chi connectivity index (χ1v) is 7.01. The molecule has 1 N–H and O–H groups in total. The van der Waals surface area contributed by atoms with Crippen LogP contribution in [0.3, 0.4) is 0 Å². The van der Waals surface area contributed by atoms with E-state index in [1.165, 1.54) is 25.7 Å². The smallest absolute Gasteiger partial charge is 0.232 e. The van der Waals surface area contributed by atoms with E-state index >= 15 is 0 Å². The van der Waals surface area contributed by atoms with Gasteiger partial charge >= 0.3 is 0 Å². The van der Waals surface area contributed by atoms with E-state index in [1.54, 1.807) is 12.4 Å². The predicted molar refractivity (Wildman–Crippen MR) is 73.7 cm³/mol. The minimum Gasteiger partial charge on any atom is -0.477 e. The average Bonchev–Trinajstić information content (AvgIpc) is 2.41. The lowest BCUT2D eigenvalue weighted by atomic mass is 10.2. The second-order valence-corrected chi connectivity index (χ2v) is 4.39. The van der Waals surface area contributed by atoms with Gasteiger partial charge in [0, 0.05) is 12.7 Å². The highest BCUT2D eigenvalue weighted by molar-refractivity contribution is 5.08. The summed E-state index contributed by atoms with van der Waals surface area (Å²) in [5.41, 5.74) is 0.931. The first kappa shape index (κ1) is 14.9. The Morgan fingerprint density at radius 3 is 2.72 bits per heavy atom. The summed E-state index contributed by atoms with van der Waals surface area (Å²) < 4.78 is 5.61. The molecule has 0 amide bonds. The fourth-order valence-corrected chi connectivity index (χ4v) is 1.68. The van der Waals surface area contributed by atoms with Crippen LogP contribution >= 0.6 is 0 Å². The highest BCUT2D eigenvalue weighted by Crippen LogP contribution is 2.07. The molecule has 0 unspecified atom stereocenters. The van der Waals surface area contributed by atoms with E-state index in [1.807, 2.05) is 0 Å². The molecular weight excluding hydrogens is 226 g/mol. The van der Waals surface area contributed by atoms with Crippen LogP contribution in [0.4, 0.5) is 0 Å². The molecule has 0 radical (unpaired) electrons. The van der Waals surface area contributed by atoms with Gasteiger partial charge in [0.05, 0.1) is 18.5 Å². The van der Waals surface area contributed by atoms with Crippen LogP contribution in [-0.4, -0.2) is 23.1 Å². The molecule has 1 heterocycles. The number of hydrogen-bond donors (Lipinski definition) is 1. The fourth-order valence-electron chi connectivity index (χ4n) is 1.68. The van der Waals surface area contributed by atoms with Crippen molar-refractivity contribution in [2.45, 2.75) is 52.5 Å². The molecule has 0 aromatic carbocycles. The standard InChI is InChI=1S/C14H25N3O/c1-3-5-6-7-8-9-18-14-12-16-11-13(17-14)10-15-4-2/h11-12,15H,3-10H2,1-2H3. The van der Waals surface area contributed by atoms with Crippen molar-refractivity contribution in [3.63, 3.8) is 0 Å². The van der Waals surface area contributed by atoms with E-state index < -0.39 is 0 Å². The number of nitrogens with zero attached hydrogens (tertiary/aromatic N) is 2. The van der Waals surface area contributed by atoms with Gasteiger partial charge in [-0.15, -0.1) is 0 Å². The van der Waals surface area contributed by atoms with Crippen molar-refractivity contribution in [3.05, 3.63) is 18.1 Å². The molecule has 1 aromatic heterocycles. The van der Waals surface area contributed by atoms with Gasteiger partial charge < -0.3 is 10.1 Å².